The standard InChI is InChI=1S/C15H20N2O5/c1-4-13(18)16-10-6-7-12(11(8-10)15(20)21)17(3)9-14(19)22-5-2/h6-8H,4-5,9H2,1-3H3,(H,16,18)(H,20,21). The molecule has 0 aliphatic carbocycles. The minimum absolute atomic E-state index is 0.000650. The minimum Gasteiger partial charge on any atom is -0.478 e. The number of hydrogen-bond donors (Lipinski definition) is 2. The van der Waals surface area contributed by atoms with Gasteiger partial charge in [-0.15, -0.1) is 0 Å². The van der Waals surface area contributed by atoms with Crippen molar-refractivity contribution in [3.8, 4) is 0 Å². The lowest BCUT2D eigenvalue weighted by atomic mass is 10.1. The van der Waals surface area contributed by atoms with E-state index in [1.54, 1.807) is 33.0 Å². The molecule has 0 aromatic heterocycles. The zero-order valence-corrected chi connectivity index (χ0v) is 12.9. The normalized spacial score (nSPS) is 9.95. The number of hydrogen-bond acceptors (Lipinski definition) is 5. The molecule has 22 heavy (non-hydrogen) atoms. The number of nitrogens with zero attached hydrogens (tertiary/aromatic N) is 1. The summed E-state index contributed by atoms with van der Waals surface area (Å²) >= 11 is 0. The number of benzene rings is 1. The van der Waals surface area contributed by atoms with Gasteiger partial charge in [0.05, 0.1) is 17.9 Å². The van der Waals surface area contributed by atoms with Gasteiger partial charge in [0.25, 0.3) is 0 Å². The number of amides is 1. The lowest BCUT2D eigenvalue weighted by Gasteiger charge is -2.20. The number of nitrogens with one attached hydrogen (secondary N) is 1. The molecule has 0 unspecified atom stereocenters. The lowest BCUT2D eigenvalue weighted by Crippen LogP contribution is -2.28. The van der Waals surface area contributed by atoms with Crippen LogP contribution in [0.5, 0.6) is 0 Å². The van der Waals surface area contributed by atoms with Gasteiger partial charge in [-0.1, -0.05) is 6.92 Å². The molecule has 0 fully saturated rings. The molecule has 0 atom stereocenters. The van der Waals surface area contributed by atoms with E-state index in [-0.39, 0.29) is 24.6 Å². The van der Waals surface area contributed by atoms with Gasteiger partial charge in [0, 0.05) is 19.2 Å². The Bertz CT molecular complexity index is 571. The topological polar surface area (TPSA) is 95.9 Å². The predicted molar refractivity (Wildman–Crippen MR) is 82.2 cm³/mol. The lowest BCUT2D eigenvalue weighted by molar-refractivity contribution is -0.141. The van der Waals surface area contributed by atoms with Crippen LogP contribution < -0.4 is 10.2 Å². The Morgan fingerprint density at radius 1 is 1.27 bits per heavy atom. The molecule has 0 radical (unpaired) electrons. The number of carbonyl (C=O) groups is 3. The van der Waals surface area contributed by atoms with Crippen molar-refractivity contribution in [2.24, 2.45) is 0 Å². The molecule has 7 nitrogen and oxygen atoms in total. The van der Waals surface area contributed by atoms with E-state index >= 15 is 0 Å². The van der Waals surface area contributed by atoms with Crippen molar-refractivity contribution in [3.05, 3.63) is 23.8 Å². The number of ether oxygens (including phenoxy) is 1. The Morgan fingerprint density at radius 3 is 2.50 bits per heavy atom. The molecule has 1 aromatic carbocycles. The number of esters is 1. The molecule has 1 amide bonds. The third-order valence-corrected chi connectivity index (χ3v) is 2.91. The van der Waals surface area contributed by atoms with Gasteiger partial charge >= 0.3 is 11.9 Å². The highest BCUT2D eigenvalue weighted by Crippen LogP contribution is 2.24. The summed E-state index contributed by atoms with van der Waals surface area (Å²) in [6, 6.07) is 4.51. The van der Waals surface area contributed by atoms with Crippen molar-refractivity contribution < 1.29 is 24.2 Å². The fourth-order valence-electron chi connectivity index (χ4n) is 1.85. The molecule has 120 valence electrons. The molecule has 0 saturated heterocycles. The number of carbonyl (C=O) groups excluding carboxylic acids is 2. The van der Waals surface area contributed by atoms with Crippen LogP contribution in [0.15, 0.2) is 18.2 Å². The fraction of sp³-hybridized carbons (Fsp3) is 0.400. The third kappa shape index (κ3) is 4.76. The van der Waals surface area contributed by atoms with E-state index < -0.39 is 11.9 Å². The van der Waals surface area contributed by atoms with E-state index in [4.69, 9.17) is 4.74 Å². The van der Waals surface area contributed by atoms with Gasteiger partial charge < -0.3 is 20.1 Å². The molecule has 1 aromatic rings. The van der Waals surface area contributed by atoms with Crippen molar-refractivity contribution >= 4 is 29.2 Å². The highest BCUT2D eigenvalue weighted by atomic mass is 16.5. The summed E-state index contributed by atoms with van der Waals surface area (Å²) in [5, 5.41) is 11.9. The van der Waals surface area contributed by atoms with Crippen LogP contribution in [0, 0.1) is 0 Å². The molecular formula is C15H20N2O5. The summed E-state index contributed by atoms with van der Waals surface area (Å²) in [5.41, 5.74) is 0.772. The maximum atomic E-state index is 11.5. The zero-order chi connectivity index (χ0) is 16.7. The first-order valence-electron chi connectivity index (χ1n) is 6.93. The first kappa shape index (κ1) is 17.5. The van der Waals surface area contributed by atoms with Gasteiger partial charge in [-0.2, -0.15) is 0 Å². The zero-order valence-electron chi connectivity index (χ0n) is 12.9. The van der Waals surface area contributed by atoms with Gasteiger partial charge in [-0.05, 0) is 25.1 Å². The average molecular weight is 308 g/mol. The molecular weight excluding hydrogens is 288 g/mol. The van der Waals surface area contributed by atoms with Crippen LogP contribution in [0.1, 0.15) is 30.6 Å². The number of rotatable bonds is 7. The molecule has 0 saturated carbocycles. The minimum atomic E-state index is -1.14. The number of carboxylic acid groups (broad SMARTS) is 1. The smallest absolute Gasteiger partial charge is 0.337 e. The Morgan fingerprint density at radius 2 is 1.95 bits per heavy atom. The van der Waals surface area contributed by atoms with Crippen LogP contribution >= 0.6 is 0 Å². The van der Waals surface area contributed by atoms with E-state index in [1.807, 2.05) is 0 Å². The van der Waals surface area contributed by atoms with Gasteiger partial charge in [0.1, 0.15) is 6.54 Å². The SMILES string of the molecule is CCOC(=O)CN(C)c1ccc(NC(=O)CC)cc1C(=O)O. The summed E-state index contributed by atoms with van der Waals surface area (Å²) in [7, 11) is 1.60. The molecule has 0 spiro atoms. The van der Waals surface area contributed by atoms with Crippen molar-refractivity contribution in [1.82, 2.24) is 0 Å². The largest absolute Gasteiger partial charge is 0.478 e. The fourth-order valence-corrected chi connectivity index (χ4v) is 1.85. The molecule has 0 bridgehead atoms. The second kappa shape index (κ2) is 8.02. The van der Waals surface area contributed by atoms with Crippen LogP contribution in [0.25, 0.3) is 0 Å². The Kier molecular flexibility index (Phi) is 6.37. The van der Waals surface area contributed by atoms with Gasteiger partial charge in [0.2, 0.25) is 5.91 Å². The number of anilines is 2. The van der Waals surface area contributed by atoms with Gasteiger partial charge in [0.15, 0.2) is 0 Å². The Labute approximate surface area is 128 Å². The molecule has 0 heterocycles. The predicted octanol–water partition coefficient (Wildman–Crippen LogP) is 1.73. The average Bonchev–Trinajstić information content (AvgIpc) is 2.46. The first-order chi connectivity index (χ1) is 10.4. The molecule has 0 aliphatic rings. The van der Waals surface area contributed by atoms with Crippen LogP contribution in [0.2, 0.25) is 0 Å². The number of aromatic carboxylic acids is 1. The monoisotopic (exact) mass is 308 g/mol. The van der Waals surface area contributed by atoms with Crippen LogP contribution in [0.3, 0.4) is 0 Å². The van der Waals surface area contributed by atoms with Crippen molar-refractivity contribution in [2.75, 3.05) is 30.4 Å². The van der Waals surface area contributed by atoms with Gasteiger partial charge in [-0.25, -0.2) is 4.79 Å². The summed E-state index contributed by atoms with van der Waals surface area (Å²) in [6.45, 7) is 3.61. The Hall–Kier alpha value is -2.57. The second-order valence-corrected chi connectivity index (χ2v) is 4.60. The second-order valence-electron chi connectivity index (χ2n) is 4.60. The van der Waals surface area contributed by atoms with E-state index in [2.05, 4.69) is 5.32 Å². The van der Waals surface area contributed by atoms with Crippen molar-refractivity contribution in [2.45, 2.75) is 20.3 Å². The van der Waals surface area contributed by atoms with Gasteiger partial charge in [-0.3, -0.25) is 9.59 Å². The summed E-state index contributed by atoms with van der Waals surface area (Å²) in [5.74, 6) is -1.79. The summed E-state index contributed by atoms with van der Waals surface area (Å²) in [6.07, 6.45) is 0.299. The number of carboxylic acids is 1. The highest BCUT2D eigenvalue weighted by molar-refractivity contribution is 5.98. The number of likely N-dealkylation sites (N-methyl/N-ethyl adjacent to an activating group) is 1. The van der Waals surface area contributed by atoms with E-state index in [9.17, 15) is 19.5 Å². The summed E-state index contributed by atoms with van der Waals surface area (Å²) in [4.78, 5) is 35.7. The quantitative estimate of drug-likeness (QED) is 0.745. The summed E-state index contributed by atoms with van der Waals surface area (Å²) < 4.78 is 4.84. The highest BCUT2D eigenvalue weighted by Gasteiger charge is 2.17. The first-order valence-corrected chi connectivity index (χ1v) is 6.93. The third-order valence-electron chi connectivity index (χ3n) is 2.91. The maximum Gasteiger partial charge on any atom is 0.337 e. The Balaban J connectivity index is 3.01. The molecule has 1 rings (SSSR count). The van der Waals surface area contributed by atoms with Crippen LogP contribution in [-0.4, -0.2) is 43.2 Å². The molecule has 0 aliphatic heterocycles. The van der Waals surface area contributed by atoms with E-state index in [0.29, 0.717) is 17.8 Å². The molecule has 7 heteroatoms. The van der Waals surface area contributed by atoms with Crippen LogP contribution in [0.4, 0.5) is 11.4 Å². The van der Waals surface area contributed by atoms with E-state index in [1.165, 1.54) is 11.0 Å². The van der Waals surface area contributed by atoms with Crippen molar-refractivity contribution in [1.29, 1.82) is 0 Å². The maximum absolute atomic E-state index is 11.5. The van der Waals surface area contributed by atoms with Crippen molar-refractivity contribution in [3.63, 3.8) is 0 Å². The van der Waals surface area contributed by atoms with Crippen LogP contribution in [-0.2, 0) is 14.3 Å². The van der Waals surface area contributed by atoms with E-state index in [0.717, 1.165) is 0 Å². The molecule has 2 N–H and O–H groups in total.